The van der Waals surface area contributed by atoms with Gasteiger partial charge in [-0.2, -0.15) is 0 Å². The van der Waals surface area contributed by atoms with E-state index in [1.807, 2.05) is 12.1 Å². The average molecular weight is 845 g/mol. The summed E-state index contributed by atoms with van der Waals surface area (Å²) in [5, 5.41) is 85.9. The SMILES string of the molecule is CCCCCCCC[C@@H]1C(OC2CC(O)C(O)C(CO)O2)C[C@H]2Cc3c(cccc3OCC(=O)OC3CC(O)C(OC)C(CO)O3)C[C@H]21.OCC1OC(O)CC(O)C1O. The van der Waals surface area contributed by atoms with Crippen LogP contribution < -0.4 is 4.74 Å². The Morgan fingerprint density at radius 3 is 2.08 bits per heavy atom. The summed E-state index contributed by atoms with van der Waals surface area (Å²) >= 11 is 0. The number of methoxy groups -OCH3 is 1. The van der Waals surface area contributed by atoms with E-state index in [4.69, 9.17) is 53.6 Å². The minimum absolute atomic E-state index is 0.0162. The van der Waals surface area contributed by atoms with Crippen molar-refractivity contribution >= 4 is 5.97 Å². The van der Waals surface area contributed by atoms with Crippen LogP contribution in [-0.2, 0) is 46.1 Å². The summed E-state index contributed by atoms with van der Waals surface area (Å²) in [6, 6.07) is 5.94. The number of aliphatic hydroxyl groups is 9. The molecule has 0 amide bonds. The predicted molar refractivity (Wildman–Crippen MR) is 208 cm³/mol. The molecule has 13 unspecified atom stereocenters. The van der Waals surface area contributed by atoms with Crippen LogP contribution in [0.5, 0.6) is 5.75 Å². The van der Waals surface area contributed by atoms with Gasteiger partial charge in [-0.3, -0.25) is 0 Å². The van der Waals surface area contributed by atoms with Gasteiger partial charge in [0.1, 0.15) is 42.4 Å². The molecule has 3 saturated heterocycles. The van der Waals surface area contributed by atoms with Crippen molar-refractivity contribution in [2.24, 2.45) is 17.8 Å². The highest BCUT2D eigenvalue weighted by molar-refractivity contribution is 5.71. The van der Waals surface area contributed by atoms with Crippen molar-refractivity contribution in [3.8, 4) is 5.75 Å². The minimum Gasteiger partial charge on any atom is -0.482 e. The first-order valence-corrected chi connectivity index (χ1v) is 21.4. The fraction of sp³-hybridized carbons (Fsp3) is 0.833. The maximum absolute atomic E-state index is 12.8. The van der Waals surface area contributed by atoms with E-state index < -0.39 is 93.0 Å². The number of hydrogen-bond donors (Lipinski definition) is 9. The molecule has 1 aromatic carbocycles. The number of unbranched alkanes of at least 4 members (excludes halogenated alkanes) is 5. The molecule has 17 nitrogen and oxygen atoms in total. The molecule has 0 radical (unpaired) electrons. The lowest BCUT2D eigenvalue weighted by molar-refractivity contribution is -0.273. The van der Waals surface area contributed by atoms with Gasteiger partial charge in [0.05, 0.1) is 44.2 Å². The number of aliphatic hydroxyl groups excluding tert-OH is 9. The minimum atomic E-state index is -1.15. The Hall–Kier alpha value is -2.07. The highest BCUT2D eigenvalue weighted by Crippen LogP contribution is 2.50. The standard InChI is InChI=1S/C36H56O12.C6H12O5/c1-3-4-5-6-7-8-11-23-24-13-21-10-9-12-28(44-20-32(41)48-34-17-27(40)36(43-2)31(19-38)47-34)25(21)14-22(24)15-29(23)45-33-16-26(39)35(42)30(18-37)46-33;7-2-4-6(10)3(8)1-5(9)11-4/h9-10,12,22-24,26-27,29-31,33-40,42H,3-8,11,13-20H2,1-2H3;3-10H,1-2H2/t22-,23+,24-,26?,27?,29?,30?,31?,33?,34?,35?,36?;/m1./s1. The van der Waals surface area contributed by atoms with Crippen LogP contribution >= 0.6 is 0 Å². The van der Waals surface area contributed by atoms with Crippen LogP contribution in [0.1, 0.15) is 88.7 Å². The number of benzene rings is 1. The van der Waals surface area contributed by atoms with Crippen LogP contribution in [0.4, 0.5) is 0 Å². The Bertz CT molecular complexity index is 1400. The van der Waals surface area contributed by atoms with Gasteiger partial charge in [0.15, 0.2) is 19.2 Å². The summed E-state index contributed by atoms with van der Waals surface area (Å²) in [5.74, 6) is 1.03. The first-order valence-electron chi connectivity index (χ1n) is 21.4. The van der Waals surface area contributed by atoms with Crippen molar-refractivity contribution < 1.29 is 83.9 Å². The molecule has 3 aliphatic heterocycles. The Balaban J connectivity index is 0.000000520. The van der Waals surface area contributed by atoms with Gasteiger partial charge in [-0.05, 0) is 60.6 Å². The molecule has 6 rings (SSSR count). The van der Waals surface area contributed by atoms with E-state index in [-0.39, 0.29) is 38.6 Å². The normalized spacial score (nSPS) is 38.1. The van der Waals surface area contributed by atoms with Gasteiger partial charge in [-0.1, -0.05) is 57.6 Å². The van der Waals surface area contributed by atoms with E-state index in [2.05, 4.69) is 13.0 Å². The van der Waals surface area contributed by atoms with Gasteiger partial charge in [0.2, 0.25) is 6.29 Å². The smallest absolute Gasteiger partial charge is 0.346 e. The highest BCUT2D eigenvalue weighted by atomic mass is 16.7. The topological polar surface area (TPSA) is 264 Å². The van der Waals surface area contributed by atoms with Gasteiger partial charge in [0, 0.05) is 26.4 Å². The van der Waals surface area contributed by atoms with E-state index in [1.54, 1.807) is 0 Å². The summed E-state index contributed by atoms with van der Waals surface area (Å²) in [4.78, 5) is 12.8. The predicted octanol–water partition coefficient (Wildman–Crippen LogP) is 0.215. The van der Waals surface area contributed by atoms with Crippen molar-refractivity contribution in [2.45, 2.75) is 170 Å². The lowest BCUT2D eigenvalue weighted by Crippen LogP contribution is -2.52. The quantitative estimate of drug-likeness (QED) is 0.0750. The second-order valence-corrected chi connectivity index (χ2v) is 16.6. The summed E-state index contributed by atoms with van der Waals surface area (Å²) in [7, 11) is 1.42. The number of ether oxygens (including phenoxy) is 7. The summed E-state index contributed by atoms with van der Waals surface area (Å²) < 4.78 is 39.5. The number of esters is 1. The molecule has 17 heteroatoms. The fourth-order valence-corrected chi connectivity index (χ4v) is 9.42. The molecule has 3 heterocycles. The van der Waals surface area contributed by atoms with Crippen molar-refractivity contribution in [3.63, 3.8) is 0 Å². The van der Waals surface area contributed by atoms with Crippen LogP contribution in [0.15, 0.2) is 18.2 Å². The maximum Gasteiger partial charge on any atom is 0.346 e. The molecule has 16 atom stereocenters. The third-order valence-electron chi connectivity index (χ3n) is 12.6. The van der Waals surface area contributed by atoms with Crippen LogP contribution in [-0.4, -0.2) is 165 Å². The number of carbonyl (C=O) groups is 1. The monoisotopic (exact) mass is 844 g/mol. The van der Waals surface area contributed by atoms with E-state index >= 15 is 0 Å². The van der Waals surface area contributed by atoms with Gasteiger partial charge in [0.25, 0.3) is 0 Å². The Labute approximate surface area is 346 Å². The van der Waals surface area contributed by atoms with Gasteiger partial charge in [-0.25, -0.2) is 4.79 Å². The summed E-state index contributed by atoms with van der Waals surface area (Å²) in [6.07, 6.45) is -0.510. The zero-order valence-corrected chi connectivity index (χ0v) is 34.3. The van der Waals surface area contributed by atoms with E-state index in [0.717, 1.165) is 37.7 Å². The number of carbonyl (C=O) groups excluding carboxylic acids is 1. The molecule has 1 saturated carbocycles. The zero-order chi connectivity index (χ0) is 42.6. The molecule has 9 N–H and O–H groups in total. The Kier molecular flexibility index (Phi) is 19.0. The molecule has 0 bridgehead atoms. The van der Waals surface area contributed by atoms with Gasteiger partial charge in [-0.15, -0.1) is 0 Å². The maximum atomic E-state index is 12.8. The van der Waals surface area contributed by atoms with Crippen LogP contribution in [0.25, 0.3) is 0 Å². The van der Waals surface area contributed by atoms with Crippen molar-refractivity contribution in [1.29, 1.82) is 0 Å². The third kappa shape index (κ3) is 12.8. The fourth-order valence-electron chi connectivity index (χ4n) is 9.42. The van der Waals surface area contributed by atoms with Crippen molar-refractivity contribution in [1.82, 2.24) is 0 Å². The van der Waals surface area contributed by atoms with E-state index in [1.165, 1.54) is 44.8 Å². The molecule has 59 heavy (non-hydrogen) atoms. The van der Waals surface area contributed by atoms with E-state index in [9.17, 15) is 30.3 Å². The largest absolute Gasteiger partial charge is 0.482 e. The van der Waals surface area contributed by atoms with Gasteiger partial charge < -0.3 is 79.1 Å². The number of hydrogen-bond acceptors (Lipinski definition) is 17. The van der Waals surface area contributed by atoms with Crippen molar-refractivity contribution in [2.75, 3.05) is 33.5 Å². The molecule has 2 aliphatic carbocycles. The Morgan fingerprint density at radius 1 is 0.746 bits per heavy atom. The molecule has 5 aliphatic rings. The molecule has 0 spiro atoms. The first-order chi connectivity index (χ1) is 28.4. The molecule has 1 aromatic rings. The first kappa shape index (κ1) is 48.0. The van der Waals surface area contributed by atoms with Crippen molar-refractivity contribution in [3.05, 3.63) is 29.3 Å². The third-order valence-corrected chi connectivity index (χ3v) is 12.6. The second kappa shape index (κ2) is 23.4. The Morgan fingerprint density at radius 2 is 1.39 bits per heavy atom. The average Bonchev–Trinajstić information content (AvgIpc) is 3.54. The zero-order valence-electron chi connectivity index (χ0n) is 34.3. The molecular weight excluding hydrogens is 776 g/mol. The molecule has 338 valence electrons. The summed E-state index contributed by atoms with van der Waals surface area (Å²) in [6.45, 7) is 0.705. The van der Waals surface area contributed by atoms with Crippen LogP contribution in [0.3, 0.4) is 0 Å². The number of rotatable bonds is 17. The number of fused-ring (bicyclic) bond motifs is 2. The lowest BCUT2D eigenvalue weighted by atomic mass is 9.73. The molecule has 4 fully saturated rings. The van der Waals surface area contributed by atoms with Crippen LogP contribution in [0, 0.1) is 17.8 Å². The van der Waals surface area contributed by atoms with Crippen LogP contribution in [0.2, 0.25) is 0 Å². The molecule has 0 aromatic heterocycles. The second-order valence-electron chi connectivity index (χ2n) is 16.6. The lowest BCUT2D eigenvalue weighted by Gasteiger charge is -2.38. The van der Waals surface area contributed by atoms with Gasteiger partial charge >= 0.3 is 5.97 Å². The van der Waals surface area contributed by atoms with E-state index in [0.29, 0.717) is 23.5 Å². The molecular formula is C42H68O17. The highest BCUT2D eigenvalue weighted by Gasteiger charge is 2.48. The summed E-state index contributed by atoms with van der Waals surface area (Å²) in [5.41, 5.74) is 2.27.